The van der Waals surface area contributed by atoms with Gasteiger partial charge in [-0.25, -0.2) is 0 Å². The van der Waals surface area contributed by atoms with Gasteiger partial charge in [0.15, 0.2) is 0 Å². The average Bonchev–Trinajstić information content (AvgIpc) is 0.767. The summed E-state index contributed by atoms with van der Waals surface area (Å²) in [5.41, 5.74) is 1.12. The van der Waals surface area contributed by atoms with Crippen molar-refractivity contribution in [2.75, 3.05) is 51.5 Å². The van der Waals surface area contributed by atoms with E-state index in [4.69, 9.17) is 27.4 Å². The van der Waals surface area contributed by atoms with E-state index in [1.165, 1.54) is 50.4 Å². The van der Waals surface area contributed by atoms with Crippen LogP contribution in [0.4, 0.5) is 5.69 Å². The van der Waals surface area contributed by atoms with Gasteiger partial charge in [-0.15, -0.1) is 0 Å². The Hall–Kier alpha value is -3.80. The molecule has 0 fully saturated rings. The van der Waals surface area contributed by atoms with E-state index >= 15 is 0 Å². The van der Waals surface area contributed by atoms with Crippen LogP contribution in [0.5, 0.6) is 11.5 Å². The molecule has 0 aliphatic carbocycles. The maximum absolute atomic E-state index is 7.15. The van der Waals surface area contributed by atoms with Gasteiger partial charge in [0.05, 0.1) is 19.8 Å². The van der Waals surface area contributed by atoms with E-state index in [1.807, 2.05) is 24.3 Å². The molecule has 514 valence electrons. The van der Waals surface area contributed by atoms with Crippen molar-refractivity contribution in [3.63, 3.8) is 0 Å². The largest absolute Gasteiger partial charge is 1.00 e. The Labute approximate surface area is 639 Å². The molecule has 0 aliphatic rings. The van der Waals surface area contributed by atoms with Gasteiger partial charge in [0.1, 0.15) is 11.5 Å². The van der Waals surface area contributed by atoms with Gasteiger partial charge in [-0.3, -0.25) is 0 Å². The summed E-state index contributed by atoms with van der Waals surface area (Å²) in [7, 11) is -7.60. The van der Waals surface area contributed by atoms with Gasteiger partial charge in [0.2, 0.25) is 0 Å². The first-order valence-corrected chi connectivity index (χ1v) is 48.3. The number of ether oxygens (including phenoxy) is 2. The first kappa shape index (κ1) is 84.6. The Morgan fingerprint density at radius 3 is 0.896 bits per heavy atom. The third-order valence-electron chi connectivity index (χ3n) is 16.7. The fourth-order valence-electron chi connectivity index (χ4n) is 12.7. The fraction of sp³-hybridized carbons (Fsp3) is 0.415. The summed E-state index contributed by atoms with van der Waals surface area (Å²) in [4.78, 5) is 2.27. The second kappa shape index (κ2) is 41.2. The van der Waals surface area contributed by atoms with Gasteiger partial charge in [-0.2, -0.15) is 0 Å². The van der Waals surface area contributed by atoms with Gasteiger partial charge in [-0.05, 0) is 102 Å². The molecular weight excluding hydrogens is 1350 g/mol. The van der Waals surface area contributed by atoms with Crippen LogP contribution in [0.1, 0.15) is 121 Å². The van der Waals surface area contributed by atoms with Crippen molar-refractivity contribution in [2.24, 2.45) is 0 Å². The third-order valence-corrected chi connectivity index (χ3v) is 37.7. The van der Waals surface area contributed by atoms with E-state index in [-0.39, 0.29) is 66.5 Å². The zero-order valence-corrected chi connectivity index (χ0v) is 72.2. The normalized spacial score (nSPS) is 12.1. The maximum Gasteiger partial charge on any atom is 1.00 e. The molecule has 0 spiro atoms. The Morgan fingerprint density at radius 2 is 0.635 bits per heavy atom. The molecule has 0 unspecified atom stereocenters. The molecule has 0 amide bonds. The quantitative estimate of drug-likeness (QED) is 0.0344. The molecule has 8 rings (SSSR count). The van der Waals surface area contributed by atoms with E-state index in [1.54, 1.807) is 0 Å². The predicted octanol–water partition coefficient (Wildman–Crippen LogP) is 16.9. The van der Waals surface area contributed by atoms with Crippen LogP contribution in [0.25, 0.3) is 4.65 Å². The molecule has 8 aromatic carbocycles. The third kappa shape index (κ3) is 26.0. The molecule has 0 radical (unpaired) electrons. The topological polar surface area (TPSA) is 63.5 Å². The smallest absolute Gasteiger partial charge is 0.668 e. The molecule has 0 saturated heterocycles. The summed E-state index contributed by atoms with van der Waals surface area (Å²) in [5, 5.41) is 7.84. The fourth-order valence-corrected chi connectivity index (χ4v) is 34.9. The Balaban J connectivity index is 0.000000365. The van der Waals surface area contributed by atoms with E-state index in [0.29, 0.717) is 26.4 Å². The average molecular weight is 1470 g/mol. The minimum atomic E-state index is -2.58. The SMILES string of the molecule is CC(C)(C)[Si](OCCCCOc1cccc(Br)c1)(c1ccccc1)c1ccccc1.CCCCC.CN(CCO[Si](c1ccccc1)(c1ccccc1)C(C)(C)C)c1cccc(OCCCCO[Si](c2ccccc2)(c2ccccc2)C(C)(C)C)c1.C[Si](C)(C)[N-][Si](C)(C)C.[K+]. The van der Waals surface area contributed by atoms with Crippen LogP contribution < -0.4 is 96.9 Å². The van der Waals surface area contributed by atoms with Crippen LogP contribution in [0.2, 0.25) is 54.4 Å². The van der Waals surface area contributed by atoms with Gasteiger partial charge in [0.25, 0.3) is 25.0 Å². The molecule has 0 aliphatic heterocycles. The molecule has 14 heteroatoms. The molecule has 0 aromatic heterocycles. The molecule has 8 aromatic rings. The zero-order chi connectivity index (χ0) is 69.7. The number of rotatable bonds is 29. The Morgan fingerprint density at radius 1 is 0.354 bits per heavy atom. The number of hydrogen-bond acceptors (Lipinski definition) is 6. The minimum Gasteiger partial charge on any atom is -0.668 e. The standard InChI is InChI=1S/C45H57NO3Si2.C26H31BrO2Si.C6H18NSi2.C5H12.K/c1-44(2,3)50(40-25-12-8-13-26-40,41-27-14-9-15-28-41)48-35-21-20-34-47-39-24-22-23-38(37-39)46(7)33-36-49-51(45(4,5)6,42-29-16-10-17-30-42)43-31-18-11-19-32-43;1-26(2,3)30(24-15-6-4-7-16-24,25-17-8-5-9-18-25)29-20-11-10-19-28-23-14-12-13-22(27)21-23;1-8(2,3)7-9(4,5)6;1-3-5-4-2;/h8-19,22-32,37H,20-21,33-36H2,1-7H3;4-9,12-18,21H,10-11,19-20H2,1-3H3;1-6H3;3-5H2,1-2H3;/q;;-1;;+1. The van der Waals surface area contributed by atoms with Crippen molar-refractivity contribution in [1.29, 1.82) is 0 Å². The number of likely N-dealkylation sites (N-methyl/N-ethyl adjacent to an activating group) is 1. The summed E-state index contributed by atoms with van der Waals surface area (Å²) in [6, 6.07) is 81.4. The van der Waals surface area contributed by atoms with Crippen LogP contribution in [0.3, 0.4) is 0 Å². The first-order valence-electron chi connectivity index (χ1n) is 34.9. The van der Waals surface area contributed by atoms with Crippen molar-refractivity contribution < 1.29 is 74.1 Å². The number of unbranched alkanes of at least 4 members (excludes halogenated alkanes) is 4. The maximum atomic E-state index is 7.15. The number of anilines is 1. The molecular formula is C82H118BrKN2O5Si5. The second-order valence-electron chi connectivity index (χ2n) is 29.8. The van der Waals surface area contributed by atoms with Crippen LogP contribution in [-0.4, -0.2) is 88.0 Å². The van der Waals surface area contributed by atoms with Crippen molar-refractivity contribution in [3.05, 3.63) is 240 Å². The summed E-state index contributed by atoms with van der Waals surface area (Å²) < 4.78 is 39.2. The molecule has 0 heterocycles. The second-order valence-corrected chi connectivity index (χ2v) is 53.2. The number of hydrogen-bond donors (Lipinski definition) is 0. The van der Waals surface area contributed by atoms with E-state index in [2.05, 4.69) is 350 Å². The molecule has 0 N–H and O–H groups in total. The van der Waals surface area contributed by atoms with Crippen molar-refractivity contribution in [3.8, 4) is 11.5 Å². The number of halogens is 1. The van der Waals surface area contributed by atoms with Crippen molar-refractivity contribution >= 4 is 94.2 Å². The van der Waals surface area contributed by atoms with Crippen LogP contribution in [-0.2, 0) is 13.3 Å². The Kier molecular flexibility index (Phi) is 36.3. The summed E-state index contributed by atoms with van der Waals surface area (Å²) >= 11 is 3.49. The zero-order valence-electron chi connectivity index (χ0n) is 62.4. The monoisotopic (exact) mass is 1470 g/mol. The van der Waals surface area contributed by atoms with Gasteiger partial charge in [0, 0.05) is 43.0 Å². The van der Waals surface area contributed by atoms with Gasteiger partial charge in [-0.1, -0.05) is 361 Å². The molecule has 7 nitrogen and oxygen atoms in total. The van der Waals surface area contributed by atoms with Crippen molar-refractivity contribution in [1.82, 2.24) is 0 Å². The van der Waals surface area contributed by atoms with E-state index in [9.17, 15) is 0 Å². The van der Waals surface area contributed by atoms with Crippen LogP contribution in [0.15, 0.2) is 235 Å². The van der Waals surface area contributed by atoms with E-state index < -0.39 is 41.4 Å². The summed E-state index contributed by atoms with van der Waals surface area (Å²) in [6.45, 7) is 43.3. The predicted molar refractivity (Wildman–Crippen MR) is 429 cm³/mol. The number of benzene rings is 8. The molecule has 0 bridgehead atoms. The first-order chi connectivity index (χ1) is 45.0. The summed E-state index contributed by atoms with van der Waals surface area (Å²) in [6.07, 6.45) is 7.87. The van der Waals surface area contributed by atoms with Gasteiger partial charge >= 0.3 is 51.4 Å². The molecule has 0 saturated carbocycles. The van der Waals surface area contributed by atoms with Crippen LogP contribution >= 0.6 is 15.9 Å². The van der Waals surface area contributed by atoms with E-state index in [0.717, 1.165) is 60.5 Å². The van der Waals surface area contributed by atoms with Crippen LogP contribution in [0, 0.1) is 0 Å². The van der Waals surface area contributed by atoms with Crippen molar-refractivity contribution in [2.45, 2.75) is 176 Å². The Bertz CT molecular complexity index is 3230. The summed E-state index contributed by atoms with van der Waals surface area (Å²) in [5.74, 6) is 1.79. The molecule has 0 atom stereocenters. The molecule has 96 heavy (non-hydrogen) atoms. The number of nitrogens with zero attached hydrogens (tertiary/aromatic N) is 2. The minimum absolute atomic E-state index is 0. The van der Waals surface area contributed by atoms with Gasteiger partial charge < -0.3 is 32.3 Å².